The molecule has 0 aromatic heterocycles. The fourth-order valence-corrected chi connectivity index (χ4v) is 3.05. The van der Waals surface area contributed by atoms with Crippen LogP contribution in [0.25, 0.3) is 0 Å². The van der Waals surface area contributed by atoms with E-state index in [4.69, 9.17) is 5.11 Å². The molecular weight excluding hydrogens is 224 g/mol. The zero-order chi connectivity index (χ0) is 12.8. The highest BCUT2D eigenvalue weighted by molar-refractivity contribution is 5.66. The molecule has 1 saturated carbocycles. The second-order valence-electron chi connectivity index (χ2n) is 5.41. The van der Waals surface area contributed by atoms with Crippen molar-refractivity contribution >= 4 is 5.97 Å². The lowest BCUT2D eigenvalue weighted by molar-refractivity contribution is -0.137. The third-order valence-electron chi connectivity index (χ3n) is 4.12. The highest BCUT2D eigenvalue weighted by atomic mass is 16.4. The molecule has 2 nitrogen and oxygen atoms in total. The average molecular weight is 246 g/mol. The average Bonchev–Trinajstić information content (AvgIpc) is 2.40. The summed E-state index contributed by atoms with van der Waals surface area (Å²) in [6.07, 6.45) is 7.32. The van der Waals surface area contributed by atoms with E-state index in [1.807, 2.05) is 0 Å². The van der Waals surface area contributed by atoms with Gasteiger partial charge in [-0.1, -0.05) is 30.3 Å². The van der Waals surface area contributed by atoms with Crippen molar-refractivity contribution in [3.05, 3.63) is 35.9 Å². The van der Waals surface area contributed by atoms with Crippen molar-refractivity contribution in [2.75, 3.05) is 0 Å². The van der Waals surface area contributed by atoms with Gasteiger partial charge in [-0.05, 0) is 55.9 Å². The molecule has 0 bridgehead atoms. The number of carboxylic acid groups (broad SMARTS) is 1. The molecule has 18 heavy (non-hydrogen) atoms. The van der Waals surface area contributed by atoms with E-state index >= 15 is 0 Å². The first-order valence-corrected chi connectivity index (χ1v) is 7.02. The summed E-state index contributed by atoms with van der Waals surface area (Å²) >= 11 is 0. The summed E-state index contributed by atoms with van der Waals surface area (Å²) < 4.78 is 0. The van der Waals surface area contributed by atoms with E-state index in [1.54, 1.807) is 0 Å². The van der Waals surface area contributed by atoms with Gasteiger partial charge in [0.1, 0.15) is 0 Å². The van der Waals surface area contributed by atoms with Crippen LogP contribution in [-0.4, -0.2) is 11.1 Å². The van der Waals surface area contributed by atoms with Gasteiger partial charge in [-0.2, -0.15) is 0 Å². The summed E-state index contributed by atoms with van der Waals surface area (Å²) in [5.74, 6) is 0.819. The van der Waals surface area contributed by atoms with Gasteiger partial charge in [0, 0.05) is 6.42 Å². The Morgan fingerprint density at radius 2 is 1.78 bits per heavy atom. The standard InChI is InChI=1S/C16H22O2/c17-16(18)8-4-5-13-9-11-15(12-10-13)14-6-2-1-3-7-14/h1-3,6-7,13,15H,4-5,8-12H2,(H,17,18). The van der Waals surface area contributed by atoms with Gasteiger partial charge < -0.3 is 5.11 Å². The van der Waals surface area contributed by atoms with Crippen molar-refractivity contribution in [3.8, 4) is 0 Å². The number of benzene rings is 1. The van der Waals surface area contributed by atoms with Crippen molar-refractivity contribution in [2.24, 2.45) is 5.92 Å². The van der Waals surface area contributed by atoms with Crippen LogP contribution in [-0.2, 0) is 4.79 Å². The number of hydrogen-bond donors (Lipinski definition) is 1. The van der Waals surface area contributed by atoms with Gasteiger partial charge in [0.15, 0.2) is 0 Å². The van der Waals surface area contributed by atoms with E-state index in [1.165, 1.54) is 31.2 Å². The van der Waals surface area contributed by atoms with E-state index in [-0.39, 0.29) is 0 Å². The quantitative estimate of drug-likeness (QED) is 0.844. The normalized spacial score (nSPS) is 23.8. The molecule has 0 radical (unpaired) electrons. The van der Waals surface area contributed by atoms with Crippen molar-refractivity contribution < 1.29 is 9.90 Å². The highest BCUT2D eigenvalue weighted by Gasteiger charge is 2.21. The molecule has 0 unspecified atom stereocenters. The summed E-state index contributed by atoms with van der Waals surface area (Å²) in [5.41, 5.74) is 1.47. The van der Waals surface area contributed by atoms with Gasteiger partial charge in [-0.3, -0.25) is 4.79 Å². The number of aliphatic carboxylic acids is 1. The van der Waals surface area contributed by atoms with Crippen LogP contribution in [0.2, 0.25) is 0 Å². The SMILES string of the molecule is O=C(O)CCCC1CCC(c2ccccc2)CC1. The Bertz CT molecular complexity index is 364. The third kappa shape index (κ3) is 3.86. The predicted molar refractivity (Wildman–Crippen MR) is 72.6 cm³/mol. The Morgan fingerprint density at radius 1 is 1.11 bits per heavy atom. The summed E-state index contributed by atoms with van der Waals surface area (Å²) in [6.45, 7) is 0. The molecular formula is C16H22O2. The second kappa shape index (κ2) is 6.58. The van der Waals surface area contributed by atoms with Crippen LogP contribution in [0, 0.1) is 5.92 Å². The fourth-order valence-electron chi connectivity index (χ4n) is 3.05. The molecule has 0 amide bonds. The lowest BCUT2D eigenvalue weighted by Crippen LogP contribution is -2.13. The summed E-state index contributed by atoms with van der Waals surface area (Å²) in [5, 5.41) is 8.63. The minimum Gasteiger partial charge on any atom is -0.481 e. The van der Waals surface area contributed by atoms with Crippen LogP contribution in [0.15, 0.2) is 30.3 Å². The van der Waals surface area contributed by atoms with Gasteiger partial charge in [-0.15, -0.1) is 0 Å². The smallest absolute Gasteiger partial charge is 0.303 e. The number of rotatable bonds is 5. The molecule has 1 N–H and O–H groups in total. The van der Waals surface area contributed by atoms with Gasteiger partial charge >= 0.3 is 5.97 Å². The Morgan fingerprint density at radius 3 is 2.39 bits per heavy atom. The zero-order valence-electron chi connectivity index (χ0n) is 10.8. The Kier molecular flexibility index (Phi) is 4.80. The topological polar surface area (TPSA) is 37.3 Å². The first kappa shape index (κ1) is 13.1. The van der Waals surface area contributed by atoms with Crippen molar-refractivity contribution in [1.82, 2.24) is 0 Å². The lowest BCUT2D eigenvalue weighted by Gasteiger charge is -2.28. The van der Waals surface area contributed by atoms with E-state index in [0.29, 0.717) is 6.42 Å². The summed E-state index contributed by atoms with van der Waals surface area (Å²) in [4.78, 5) is 10.5. The molecule has 0 saturated heterocycles. The predicted octanol–water partition coefficient (Wildman–Crippen LogP) is 4.22. The second-order valence-corrected chi connectivity index (χ2v) is 5.41. The van der Waals surface area contributed by atoms with E-state index in [2.05, 4.69) is 30.3 Å². The molecule has 98 valence electrons. The Balaban J connectivity index is 1.73. The molecule has 1 aliphatic carbocycles. The Labute approximate surface area is 109 Å². The molecule has 0 atom stereocenters. The van der Waals surface area contributed by atoms with Gasteiger partial charge in [0.05, 0.1) is 0 Å². The maximum absolute atomic E-state index is 10.5. The Hall–Kier alpha value is -1.31. The molecule has 0 aliphatic heterocycles. The fraction of sp³-hybridized carbons (Fsp3) is 0.562. The third-order valence-corrected chi connectivity index (χ3v) is 4.12. The molecule has 2 heteroatoms. The van der Waals surface area contributed by atoms with Crippen LogP contribution in [0.4, 0.5) is 0 Å². The van der Waals surface area contributed by atoms with E-state index in [9.17, 15) is 4.79 Å². The van der Waals surface area contributed by atoms with Crippen LogP contribution in [0.5, 0.6) is 0 Å². The van der Waals surface area contributed by atoms with Gasteiger partial charge in [0.25, 0.3) is 0 Å². The van der Waals surface area contributed by atoms with E-state index < -0.39 is 5.97 Å². The molecule has 1 fully saturated rings. The highest BCUT2D eigenvalue weighted by Crippen LogP contribution is 2.37. The number of carbonyl (C=O) groups is 1. The van der Waals surface area contributed by atoms with Crippen molar-refractivity contribution in [3.63, 3.8) is 0 Å². The minimum absolute atomic E-state index is 0.332. The van der Waals surface area contributed by atoms with Crippen LogP contribution >= 0.6 is 0 Å². The van der Waals surface area contributed by atoms with Crippen molar-refractivity contribution in [1.29, 1.82) is 0 Å². The molecule has 1 aromatic carbocycles. The van der Waals surface area contributed by atoms with Crippen LogP contribution in [0.1, 0.15) is 56.4 Å². The van der Waals surface area contributed by atoms with E-state index in [0.717, 1.165) is 24.7 Å². The first-order chi connectivity index (χ1) is 8.75. The maximum Gasteiger partial charge on any atom is 0.303 e. The molecule has 1 aromatic rings. The molecule has 0 heterocycles. The van der Waals surface area contributed by atoms with Gasteiger partial charge in [-0.25, -0.2) is 0 Å². The molecule has 0 spiro atoms. The number of hydrogen-bond acceptors (Lipinski definition) is 1. The van der Waals surface area contributed by atoms with Crippen LogP contribution in [0.3, 0.4) is 0 Å². The number of carboxylic acids is 1. The summed E-state index contributed by atoms with van der Waals surface area (Å²) in [6, 6.07) is 10.8. The minimum atomic E-state index is -0.659. The van der Waals surface area contributed by atoms with Crippen molar-refractivity contribution in [2.45, 2.75) is 50.9 Å². The molecule has 1 aliphatic rings. The first-order valence-electron chi connectivity index (χ1n) is 7.02. The molecule has 2 rings (SSSR count). The van der Waals surface area contributed by atoms with Crippen LogP contribution < -0.4 is 0 Å². The monoisotopic (exact) mass is 246 g/mol. The zero-order valence-corrected chi connectivity index (χ0v) is 10.8. The largest absolute Gasteiger partial charge is 0.481 e. The lowest BCUT2D eigenvalue weighted by atomic mass is 9.77. The summed E-state index contributed by atoms with van der Waals surface area (Å²) in [7, 11) is 0. The van der Waals surface area contributed by atoms with Gasteiger partial charge in [0.2, 0.25) is 0 Å². The maximum atomic E-state index is 10.5.